The maximum Gasteiger partial charge on any atom is 0.407 e. The van der Waals surface area contributed by atoms with Crippen LogP contribution in [0.2, 0.25) is 0 Å². The second-order valence-corrected chi connectivity index (χ2v) is 6.60. The second kappa shape index (κ2) is 8.49. The molecule has 132 valence electrons. The lowest BCUT2D eigenvalue weighted by molar-refractivity contribution is -0.179. The molecule has 0 radical (unpaired) electrons. The van der Waals surface area contributed by atoms with E-state index in [2.05, 4.69) is 29.6 Å². The van der Waals surface area contributed by atoms with Gasteiger partial charge in [-0.1, -0.05) is 30.3 Å². The highest BCUT2D eigenvalue weighted by Crippen LogP contribution is 2.35. The van der Waals surface area contributed by atoms with Gasteiger partial charge in [-0.25, -0.2) is 4.79 Å². The van der Waals surface area contributed by atoms with E-state index in [1.165, 1.54) is 5.56 Å². The summed E-state index contributed by atoms with van der Waals surface area (Å²) in [6.45, 7) is 1.84. The number of rotatable bonds is 6. The number of carbonyl (C=O) groups is 1. The second-order valence-electron chi connectivity index (χ2n) is 6.60. The van der Waals surface area contributed by atoms with Crippen LogP contribution < -0.4 is 5.32 Å². The van der Waals surface area contributed by atoms with Crippen molar-refractivity contribution in [1.82, 2.24) is 5.32 Å². The van der Waals surface area contributed by atoms with Crippen molar-refractivity contribution in [3.63, 3.8) is 0 Å². The highest BCUT2D eigenvalue weighted by molar-refractivity contribution is 5.67. The normalized spacial score (nSPS) is 20.2. The van der Waals surface area contributed by atoms with Crippen molar-refractivity contribution < 1.29 is 19.0 Å². The first-order valence-electron chi connectivity index (χ1n) is 9.01. The van der Waals surface area contributed by atoms with Gasteiger partial charge >= 0.3 is 6.09 Å². The molecule has 1 aromatic rings. The number of unbranched alkanes of at least 4 members (excludes halogenated alkanes) is 1. The molecule has 2 fully saturated rings. The molecule has 1 N–H and O–H groups in total. The molecule has 1 amide bonds. The Balaban J connectivity index is 1.25. The molecule has 1 aliphatic carbocycles. The highest BCUT2D eigenvalue weighted by Gasteiger charge is 2.40. The molecule has 0 aromatic heterocycles. The maximum atomic E-state index is 11.9. The third-order valence-electron chi connectivity index (χ3n) is 4.82. The van der Waals surface area contributed by atoms with E-state index in [4.69, 9.17) is 14.2 Å². The van der Waals surface area contributed by atoms with Gasteiger partial charge < -0.3 is 19.5 Å². The van der Waals surface area contributed by atoms with Gasteiger partial charge in [-0.15, -0.1) is 0 Å². The van der Waals surface area contributed by atoms with Crippen LogP contribution in [0.15, 0.2) is 30.3 Å². The number of aryl methyl sites for hydroxylation is 1. The van der Waals surface area contributed by atoms with Crippen molar-refractivity contribution in [3.8, 4) is 0 Å². The van der Waals surface area contributed by atoms with E-state index in [-0.39, 0.29) is 17.9 Å². The van der Waals surface area contributed by atoms with Crippen molar-refractivity contribution in [2.75, 3.05) is 19.8 Å². The minimum absolute atomic E-state index is 0.167. The molecule has 1 aliphatic heterocycles. The predicted octanol–water partition coefficient (Wildman–Crippen LogP) is 3.42. The lowest BCUT2D eigenvalue weighted by atomic mass is 9.90. The van der Waals surface area contributed by atoms with Crippen molar-refractivity contribution >= 4 is 6.09 Å². The van der Waals surface area contributed by atoms with E-state index < -0.39 is 0 Å². The van der Waals surface area contributed by atoms with E-state index in [0.29, 0.717) is 19.8 Å². The highest BCUT2D eigenvalue weighted by atomic mass is 16.7. The topological polar surface area (TPSA) is 56.8 Å². The van der Waals surface area contributed by atoms with Crippen LogP contribution in [0.4, 0.5) is 4.79 Å². The summed E-state index contributed by atoms with van der Waals surface area (Å²) in [4.78, 5) is 11.9. The molecule has 0 bridgehead atoms. The third-order valence-corrected chi connectivity index (χ3v) is 4.82. The Morgan fingerprint density at radius 1 is 1.12 bits per heavy atom. The molecule has 24 heavy (non-hydrogen) atoms. The van der Waals surface area contributed by atoms with Crippen LogP contribution in [0.3, 0.4) is 0 Å². The molecule has 1 aromatic carbocycles. The Morgan fingerprint density at radius 3 is 2.54 bits per heavy atom. The zero-order chi connectivity index (χ0) is 16.7. The summed E-state index contributed by atoms with van der Waals surface area (Å²) in [7, 11) is 0. The van der Waals surface area contributed by atoms with Gasteiger partial charge in [0.2, 0.25) is 0 Å². The van der Waals surface area contributed by atoms with Crippen LogP contribution in [0, 0.1) is 0 Å². The Morgan fingerprint density at radius 2 is 1.83 bits per heavy atom. The Hall–Kier alpha value is -1.59. The van der Waals surface area contributed by atoms with Gasteiger partial charge in [-0.3, -0.25) is 0 Å². The first-order valence-corrected chi connectivity index (χ1v) is 9.01. The first-order chi connectivity index (χ1) is 11.8. The van der Waals surface area contributed by atoms with Gasteiger partial charge in [0, 0.05) is 18.9 Å². The van der Waals surface area contributed by atoms with Gasteiger partial charge in [0.1, 0.15) is 0 Å². The molecular weight excluding hydrogens is 306 g/mol. The minimum Gasteiger partial charge on any atom is -0.450 e. The van der Waals surface area contributed by atoms with Crippen LogP contribution in [-0.2, 0) is 20.6 Å². The summed E-state index contributed by atoms with van der Waals surface area (Å²) in [6, 6.07) is 10.5. The first kappa shape index (κ1) is 17.2. The monoisotopic (exact) mass is 333 g/mol. The number of alkyl carbamates (subject to hydrolysis) is 1. The summed E-state index contributed by atoms with van der Waals surface area (Å²) < 4.78 is 16.7. The summed E-state index contributed by atoms with van der Waals surface area (Å²) in [5, 5.41) is 2.96. The molecule has 5 nitrogen and oxygen atoms in total. The average Bonchev–Trinajstić information content (AvgIpc) is 3.06. The molecular formula is C19H27NO4. The molecule has 1 heterocycles. The van der Waals surface area contributed by atoms with E-state index >= 15 is 0 Å². The van der Waals surface area contributed by atoms with E-state index in [9.17, 15) is 4.79 Å². The smallest absolute Gasteiger partial charge is 0.407 e. The minimum atomic E-state index is -0.375. The number of amides is 1. The van der Waals surface area contributed by atoms with Crippen LogP contribution in [-0.4, -0.2) is 37.7 Å². The fraction of sp³-hybridized carbons (Fsp3) is 0.632. The summed E-state index contributed by atoms with van der Waals surface area (Å²) >= 11 is 0. The van der Waals surface area contributed by atoms with Gasteiger partial charge in [0.15, 0.2) is 5.79 Å². The number of hydrogen-bond acceptors (Lipinski definition) is 4. The Labute approximate surface area is 143 Å². The molecule has 0 unspecified atom stereocenters. The number of carbonyl (C=O) groups excluding carboxylic acids is 1. The zero-order valence-corrected chi connectivity index (χ0v) is 14.2. The molecule has 5 heteroatoms. The van der Waals surface area contributed by atoms with Gasteiger partial charge in [0.05, 0.1) is 19.8 Å². The number of hydrogen-bond donors (Lipinski definition) is 1. The molecule has 0 atom stereocenters. The average molecular weight is 333 g/mol. The van der Waals surface area contributed by atoms with Crippen molar-refractivity contribution in [1.29, 1.82) is 0 Å². The van der Waals surface area contributed by atoms with Gasteiger partial charge in [0.25, 0.3) is 0 Å². The largest absolute Gasteiger partial charge is 0.450 e. The SMILES string of the molecule is O=C(NC1CCC2(CC1)OCCO2)OCCCCc1ccccc1. The Kier molecular flexibility index (Phi) is 6.10. The lowest BCUT2D eigenvalue weighted by Crippen LogP contribution is -2.44. The fourth-order valence-corrected chi connectivity index (χ4v) is 3.44. The van der Waals surface area contributed by atoms with Gasteiger partial charge in [-0.05, 0) is 37.7 Å². The molecule has 1 spiro atoms. The summed E-state index contributed by atoms with van der Waals surface area (Å²) in [5.41, 5.74) is 1.33. The van der Waals surface area contributed by atoms with Crippen molar-refractivity contribution in [2.24, 2.45) is 0 Å². The molecule has 2 aliphatic rings. The fourth-order valence-electron chi connectivity index (χ4n) is 3.44. The van der Waals surface area contributed by atoms with E-state index in [1.54, 1.807) is 0 Å². The predicted molar refractivity (Wildman–Crippen MR) is 90.8 cm³/mol. The molecule has 3 rings (SSSR count). The molecule has 1 saturated heterocycles. The summed E-state index contributed by atoms with van der Waals surface area (Å²) in [5.74, 6) is -0.375. The third kappa shape index (κ3) is 4.95. The van der Waals surface area contributed by atoms with Crippen molar-refractivity contribution in [3.05, 3.63) is 35.9 Å². The quantitative estimate of drug-likeness (QED) is 0.811. The maximum absolute atomic E-state index is 11.9. The zero-order valence-electron chi connectivity index (χ0n) is 14.2. The van der Waals surface area contributed by atoms with E-state index in [0.717, 1.165) is 44.9 Å². The van der Waals surface area contributed by atoms with Crippen LogP contribution in [0.25, 0.3) is 0 Å². The lowest BCUT2D eigenvalue weighted by Gasteiger charge is -2.35. The van der Waals surface area contributed by atoms with Crippen molar-refractivity contribution in [2.45, 2.75) is 56.8 Å². The van der Waals surface area contributed by atoms with Gasteiger partial charge in [-0.2, -0.15) is 0 Å². The van der Waals surface area contributed by atoms with Crippen LogP contribution in [0.5, 0.6) is 0 Å². The van der Waals surface area contributed by atoms with Crippen LogP contribution in [0.1, 0.15) is 44.1 Å². The number of ether oxygens (including phenoxy) is 3. The van der Waals surface area contributed by atoms with Crippen LogP contribution >= 0.6 is 0 Å². The number of benzene rings is 1. The standard InChI is InChI=1S/C19H27NO4/c21-18(22-13-5-4-8-16-6-2-1-3-7-16)20-17-9-11-19(12-10-17)23-14-15-24-19/h1-3,6-7,17H,4-5,8-15H2,(H,20,21). The van der Waals surface area contributed by atoms with E-state index in [1.807, 2.05) is 6.07 Å². The Bertz CT molecular complexity index is 503. The summed E-state index contributed by atoms with van der Waals surface area (Å²) in [6.07, 6.45) is 6.08. The molecule has 1 saturated carbocycles. The number of nitrogens with one attached hydrogen (secondary N) is 1.